The average Bonchev–Trinajstić information content (AvgIpc) is 2.94. The number of hydrogen-bond donors (Lipinski definition) is 1. The van der Waals surface area contributed by atoms with Crippen molar-refractivity contribution in [1.29, 1.82) is 0 Å². The minimum atomic E-state index is 0.435. The molecule has 1 aromatic carbocycles. The number of benzene rings is 1. The van der Waals surface area contributed by atoms with Gasteiger partial charge in [0.2, 0.25) is 5.65 Å². The minimum Gasteiger partial charge on any atom is -0.470 e. The number of imidazole rings is 1. The summed E-state index contributed by atoms with van der Waals surface area (Å²) >= 11 is 3.51. The smallest absolute Gasteiger partial charge is 0.260 e. The molecule has 0 saturated heterocycles. The fourth-order valence-corrected chi connectivity index (χ4v) is 2.28. The van der Waals surface area contributed by atoms with Crippen LogP contribution in [0.5, 0.6) is 5.88 Å². The predicted molar refractivity (Wildman–Crippen MR) is 81.0 cm³/mol. The van der Waals surface area contributed by atoms with Gasteiger partial charge in [-0.25, -0.2) is 4.98 Å². The Morgan fingerprint density at radius 3 is 3.00 bits per heavy atom. The third kappa shape index (κ3) is 2.46. The minimum absolute atomic E-state index is 0.435. The van der Waals surface area contributed by atoms with Crippen LogP contribution in [-0.4, -0.2) is 21.4 Å². The van der Waals surface area contributed by atoms with Crippen LogP contribution in [0.1, 0.15) is 5.56 Å². The van der Waals surface area contributed by atoms with Crippen LogP contribution in [0.25, 0.3) is 5.65 Å². The van der Waals surface area contributed by atoms with Crippen molar-refractivity contribution in [3.8, 4) is 5.88 Å². The third-order valence-electron chi connectivity index (χ3n) is 2.92. The van der Waals surface area contributed by atoms with Crippen LogP contribution in [0.2, 0.25) is 0 Å². The Morgan fingerprint density at radius 1 is 1.35 bits per heavy atom. The van der Waals surface area contributed by atoms with Crippen LogP contribution in [0.3, 0.4) is 0 Å². The Morgan fingerprint density at radius 2 is 2.20 bits per heavy atom. The summed E-state index contributed by atoms with van der Waals surface area (Å²) in [5.41, 5.74) is 1.77. The van der Waals surface area contributed by atoms with E-state index in [0.29, 0.717) is 18.1 Å². The molecule has 0 fully saturated rings. The highest BCUT2D eigenvalue weighted by Gasteiger charge is 2.09. The van der Waals surface area contributed by atoms with E-state index in [0.717, 1.165) is 15.9 Å². The molecule has 0 atom stereocenters. The highest BCUT2D eigenvalue weighted by atomic mass is 79.9. The topological polar surface area (TPSA) is 51.5 Å². The summed E-state index contributed by atoms with van der Waals surface area (Å²) in [7, 11) is 1.82. The van der Waals surface area contributed by atoms with Gasteiger partial charge in [0.1, 0.15) is 12.4 Å². The molecular formula is C14H13BrN4O. The molecule has 20 heavy (non-hydrogen) atoms. The van der Waals surface area contributed by atoms with Crippen molar-refractivity contribution in [3.63, 3.8) is 0 Å². The average molecular weight is 333 g/mol. The van der Waals surface area contributed by atoms with Gasteiger partial charge in [-0.15, -0.1) is 0 Å². The monoisotopic (exact) mass is 332 g/mol. The number of nitrogens with zero attached hydrogens (tertiary/aromatic N) is 3. The zero-order chi connectivity index (χ0) is 13.9. The van der Waals surface area contributed by atoms with Gasteiger partial charge in [-0.2, -0.15) is 4.98 Å². The SMILES string of the molecule is CNc1cn2ccnc2c(OCc2ccccc2Br)n1. The molecule has 0 aliphatic carbocycles. The maximum Gasteiger partial charge on any atom is 0.260 e. The molecular weight excluding hydrogens is 320 g/mol. The first-order valence-electron chi connectivity index (χ1n) is 6.15. The second kappa shape index (κ2) is 5.50. The van der Waals surface area contributed by atoms with Gasteiger partial charge in [0.05, 0.1) is 6.20 Å². The van der Waals surface area contributed by atoms with Crippen LogP contribution in [-0.2, 0) is 6.61 Å². The fourth-order valence-electron chi connectivity index (χ4n) is 1.88. The molecule has 102 valence electrons. The van der Waals surface area contributed by atoms with Crippen molar-refractivity contribution in [2.45, 2.75) is 6.61 Å². The normalized spacial score (nSPS) is 10.7. The number of anilines is 1. The van der Waals surface area contributed by atoms with Crippen LogP contribution >= 0.6 is 15.9 Å². The zero-order valence-corrected chi connectivity index (χ0v) is 12.5. The molecule has 3 rings (SSSR count). The molecule has 3 aromatic rings. The van der Waals surface area contributed by atoms with Crippen LogP contribution in [0, 0.1) is 0 Å². The molecule has 0 amide bonds. The summed E-state index contributed by atoms with van der Waals surface area (Å²) in [5, 5.41) is 3.01. The standard InChI is InChI=1S/C14H13BrN4O/c1-16-12-8-19-7-6-17-13(19)14(18-12)20-9-10-4-2-3-5-11(10)15/h2-8,16H,9H2,1H3. The lowest BCUT2D eigenvalue weighted by Gasteiger charge is -2.09. The molecule has 2 heterocycles. The molecule has 0 aliphatic rings. The molecule has 0 spiro atoms. The lowest BCUT2D eigenvalue weighted by Crippen LogP contribution is -2.03. The molecule has 0 aliphatic heterocycles. The van der Waals surface area contributed by atoms with Crippen molar-refractivity contribution in [1.82, 2.24) is 14.4 Å². The van der Waals surface area contributed by atoms with Crippen molar-refractivity contribution >= 4 is 27.4 Å². The second-order valence-electron chi connectivity index (χ2n) is 4.22. The fraction of sp³-hybridized carbons (Fsp3) is 0.143. The number of nitrogens with one attached hydrogen (secondary N) is 1. The van der Waals surface area contributed by atoms with E-state index in [2.05, 4.69) is 31.2 Å². The van der Waals surface area contributed by atoms with Crippen LogP contribution in [0.4, 0.5) is 5.82 Å². The Hall–Kier alpha value is -2.08. The molecule has 5 nitrogen and oxygen atoms in total. The molecule has 0 bridgehead atoms. The van der Waals surface area contributed by atoms with Crippen molar-refractivity contribution in [3.05, 3.63) is 52.9 Å². The van der Waals surface area contributed by atoms with E-state index in [4.69, 9.17) is 4.74 Å². The van der Waals surface area contributed by atoms with Gasteiger partial charge in [-0.05, 0) is 6.07 Å². The maximum atomic E-state index is 5.82. The Labute approximate surface area is 124 Å². The quantitative estimate of drug-likeness (QED) is 0.797. The van der Waals surface area contributed by atoms with Crippen molar-refractivity contribution in [2.24, 2.45) is 0 Å². The van der Waals surface area contributed by atoms with Gasteiger partial charge in [-0.3, -0.25) is 4.40 Å². The number of fused-ring (bicyclic) bond motifs is 1. The van der Waals surface area contributed by atoms with Crippen LogP contribution in [0.15, 0.2) is 47.3 Å². The van der Waals surface area contributed by atoms with E-state index in [9.17, 15) is 0 Å². The lowest BCUT2D eigenvalue weighted by molar-refractivity contribution is 0.295. The maximum absolute atomic E-state index is 5.82. The second-order valence-corrected chi connectivity index (χ2v) is 5.07. The highest BCUT2D eigenvalue weighted by Crippen LogP contribution is 2.22. The number of aromatic nitrogens is 3. The summed E-state index contributed by atoms with van der Waals surface area (Å²) < 4.78 is 8.72. The molecule has 1 N–H and O–H groups in total. The molecule has 6 heteroatoms. The Kier molecular flexibility index (Phi) is 3.56. The van der Waals surface area contributed by atoms with Crippen molar-refractivity contribution < 1.29 is 4.74 Å². The number of halogens is 1. The van der Waals surface area contributed by atoms with Gasteiger partial charge < -0.3 is 10.1 Å². The van der Waals surface area contributed by atoms with E-state index in [1.807, 2.05) is 48.1 Å². The summed E-state index contributed by atoms with van der Waals surface area (Å²) in [6.45, 7) is 0.435. The molecule has 0 saturated carbocycles. The summed E-state index contributed by atoms with van der Waals surface area (Å²) in [5.74, 6) is 1.25. The van der Waals surface area contributed by atoms with Gasteiger partial charge in [0, 0.05) is 29.5 Å². The zero-order valence-electron chi connectivity index (χ0n) is 10.9. The van der Waals surface area contributed by atoms with Gasteiger partial charge in [-0.1, -0.05) is 34.1 Å². The lowest BCUT2D eigenvalue weighted by atomic mass is 10.2. The molecule has 0 unspecified atom stereocenters. The summed E-state index contributed by atoms with van der Waals surface area (Å²) in [4.78, 5) is 8.67. The van der Waals surface area contributed by atoms with E-state index in [1.54, 1.807) is 6.20 Å². The van der Waals surface area contributed by atoms with Gasteiger partial charge >= 0.3 is 0 Å². The number of ether oxygens (including phenoxy) is 1. The van der Waals surface area contributed by atoms with E-state index >= 15 is 0 Å². The first-order chi connectivity index (χ1) is 9.78. The Balaban J connectivity index is 1.90. The van der Waals surface area contributed by atoms with E-state index in [-0.39, 0.29) is 0 Å². The largest absolute Gasteiger partial charge is 0.470 e. The molecule has 0 radical (unpaired) electrons. The van der Waals surface area contributed by atoms with Crippen LogP contribution < -0.4 is 10.1 Å². The third-order valence-corrected chi connectivity index (χ3v) is 3.70. The predicted octanol–water partition coefficient (Wildman–Crippen LogP) is 3.11. The summed E-state index contributed by atoms with van der Waals surface area (Å²) in [6.07, 6.45) is 5.46. The number of rotatable bonds is 4. The molecule has 2 aromatic heterocycles. The first-order valence-corrected chi connectivity index (χ1v) is 6.95. The highest BCUT2D eigenvalue weighted by molar-refractivity contribution is 9.10. The summed E-state index contributed by atoms with van der Waals surface area (Å²) in [6, 6.07) is 7.95. The van der Waals surface area contributed by atoms with Gasteiger partial charge in [0.15, 0.2) is 0 Å². The van der Waals surface area contributed by atoms with Gasteiger partial charge in [0.25, 0.3) is 5.88 Å². The van der Waals surface area contributed by atoms with Crippen molar-refractivity contribution in [2.75, 3.05) is 12.4 Å². The Bertz CT molecular complexity index is 741. The van der Waals surface area contributed by atoms with E-state index in [1.165, 1.54) is 0 Å². The van der Waals surface area contributed by atoms with E-state index < -0.39 is 0 Å². The number of hydrogen-bond acceptors (Lipinski definition) is 4. The first kappa shape index (κ1) is 12.9.